The summed E-state index contributed by atoms with van der Waals surface area (Å²) in [7, 11) is 1.53. The molecule has 1 aromatic rings. The Balaban J connectivity index is 2.82. The first-order valence-corrected chi connectivity index (χ1v) is 6.05. The van der Waals surface area contributed by atoms with Crippen LogP contribution in [0.1, 0.15) is 13.8 Å². The Bertz CT molecular complexity index is 505. The van der Waals surface area contributed by atoms with Gasteiger partial charge in [0.1, 0.15) is 6.33 Å². The Morgan fingerprint density at radius 2 is 2.20 bits per heavy atom. The standard InChI is InChI=1S/C11H18N6O3/c1-7(2)4-13-8(18)5-16(3)11-9(17(19)20)10(12)14-6-15-11/h6-7H,4-5H2,1-3H3,(H,13,18)(H2,12,14,15). The average Bonchev–Trinajstić information content (AvgIpc) is 2.35. The van der Waals surface area contributed by atoms with Crippen LogP contribution in [0, 0.1) is 16.0 Å². The summed E-state index contributed by atoms with van der Waals surface area (Å²) in [6, 6.07) is 0. The molecule has 110 valence electrons. The highest BCUT2D eigenvalue weighted by molar-refractivity contribution is 5.82. The molecule has 0 saturated heterocycles. The second-order valence-corrected chi connectivity index (χ2v) is 4.74. The normalized spacial score (nSPS) is 10.4. The second-order valence-electron chi connectivity index (χ2n) is 4.74. The number of hydrogen-bond donors (Lipinski definition) is 2. The predicted octanol–water partition coefficient (Wildman–Crippen LogP) is 0.175. The Hall–Kier alpha value is -2.45. The smallest absolute Gasteiger partial charge is 0.353 e. The molecule has 0 unspecified atom stereocenters. The number of nitro groups is 1. The molecule has 0 aliphatic rings. The van der Waals surface area contributed by atoms with Gasteiger partial charge in [-0.2, -0.15) is 0 Å². The summed E-state index contributed by atoms with van der Waals surface area (Å²) in [5.41, 5.74) is 5.07. The summed E-state index contributed by atoms with van der Waals surface area (Å²) >= 11 is 0. The zero-order valence-electron chi connectivity index (χ0n) is 11.7. The fraction of sp³-hybridized carbons (Fsp3) is 0.545. The monoisotopic (exact) mass is 282 g/mol. The maximum Gasteiger partial charge on any atom is 0.353 e. The van der Waals surface area contributed by atoms with E-state index in [1.54, 1.807) is 0 Å². The number of hydrogen-bond acceptors (Lipinski definition) is 7. The van der Waals surface area contributed by atoms with Crippen molar-refractivity contribution < 1.29 is 9.72 Å². The van der Waals surface area contributed by atoms with Crippen molar-refractivity contribution in [2.24, 2.45) is 5.92 Å². The molecule has 0 aliphatic heterocycles. The van der Waals surface area contributed by atoms with Crippen LogP contribution < -0.4 is 16.0 Å². The molecule has 1 amide bonds. The fourth-order valence-corrected chi connectivity index (χ4v) is 1.50. The van der Waals surface area contributed by atoms with Crippen LogP contribution in [0.4, 0.5) is 17.3 Å². The van der Waals surface area contributed by atoms with Crippen LogP contribution in [0.2, 0.25) is 0 Å². The van der Waals surface area contributed by atoms with E-state index in [0.717, 1.165) is 6.33 Å². The third-order valence-corrected chi connectivity index (χ3v) is 2.46. The third-order valence-electron chi connectivity index (χ3n) is 2.46. The highest BCUT2D eigenvalue weighted by atomic mass is 16.6. The number of aromatic nitrogens is 2. The van der Waals surface area contributed by atoms with Gasteiger partial charge < -0.3 is 16.0 Å². The van der Waals surface area contributed by atoms with Crippen LogP contribution in [0.5, 0.6) is 0 Å². The molecule has 1 heterocycles. The van der Waals surface area contributed by atoms with E-state index in [4.69, 9.17) is 5.73 Å². The Kier molecular flexibility index (Phi) is 5.18. The summed E-state index contributed by atoms with van der Waals surface area (Å²) in [4.78, 5) is 30.8. The number of nitrogens with two attached hydrogens (primary N) is 1. The molecule has 0 atom stereocenters. The van der Waals surface area contributed by atoms with E-state index in [-0.39, 0.29) is 24.1 Å². The van der Waals surface area contributed by atoms with Gasteiger partial charge in [-0.1, -0.05) is 13.8 Å². The third kappa shape index (κ3) is 4.04. The number of rotatable bonds is 6. The van der Waals surface area contributed by atoms with E-state index in [1.165, 1.54) is 11.9 Å². The quantitative estimate of drug-likeness (QED) is 0.562. The van der Waals surface area contributed by atoms with Gasteiger partial charge in [-0.25, -0.2) is 9.97 Å². The summed E-state index contributed by atoms with van der Waals surface area (Å²) in [5.74, 6) is -0.127. The zero-order chi connectivity index (χ0) is 15.3. The van der Waals surface area contributed by atoms with E-state index in [2.05, 4.69) is 15.3 Å². The highest BCUT2D eigenvalue weighted by Crippen LogP contribution is 2.28. The van der Waals surface area contributed by atoms with Gasteiger partial charge in [0.15, 0.2) is 0 Å². The number of nitrogens with one attached hydrogen (secondary N) is 1. The SMILES string of the molecule is CC(C)CNC(=O)CN(C)c1ncnc(N)c1[N+](=O)[O-]. The number of nitrogen functional groups attached to an aromatic ring is 1. The summed E-state index contributed by atoms with van der Waals surface area (Å²) in [6.45, 7) is 4.44. The lowest BCUT2D eigenvalue weighted by Crippen LogP contribution is -2.37. The number of carbonyl (C=O) groups excluding carboxylic acids is 1. The largest absolute Gasteiger partial charge is 0.378 e. The van der Waals surface area contributed by atoms with Gasteiger partial charge in [0.05, 0.1) is 11.5 Å². The summed E-state index contributed by atoms with van der Waals surface area (Å²) in [6.07, 6.45) is 1.13. The minimum absolute atomic E-state index is 0.0159. The molecule has 0 saturated carbocycles. The first kappa shape index (κ1) is 15.6. The van der Waals surface area contributed by atoms with Crippen molar-refractivity contribution in [2.45, 2.75) is 13.8 Å². The molecule has 1 rings (SSSR count). The topological polar surface area (TPSA) is 127 Å². The van der Waals surface area contributed by atoms with E-state index in [1.807, 2.05) is 13.8 Å². The number of carbonyl (C=O) groups is 1. The average molecular weight is 282 g/mol. The van der Waals surface area contributed by atoms with E-state index < -0.39 is 10.6 Å². The molecular formula is C11H18N6O3. The molecule has 3 N–H and O–H groups in total. The molecule has 0 fully saturated rings. The molecule has 0 radical (unpaired) electrons. The maximum atomic E-state index is 11.7. The van der Waals surface area contributed by atoms with Crippen molar-refractivity contribution in [2.75, 3.05) is 30.8 Å². The first-order valence-electron chi connectivity index (χ1n) is 6.05. The number of likely N-dealkylation sites (N-methyl/N-ethyl adjacent to an activating group) is 1. The minimum Gasteiger partial charge on any atom is -0.378 e. The molecule has 0 aromatic carbocycles. The van der Waals surface area contributed by atoms with Crippen molar-refractivity contribution in [1.29, 1.82) is 0 Å². The van der Waals surface area contributed by atoms with Crippen molar-refractivity contribution in [1.82, 2.24) is 15.3 Å². The lowest BCUT2D eigenvalue weighted by atomic mass is 10.2. The van der Waals surface area contributed by atoms with Gasteiger partial charge in [-0.3, -0.25) is 14.9 Å². The van der Waals surface area contributed by atoms with Crippen molar-refractivity contribution in [3.63, 3.8) is 0 Å². The van der Waals surface area contributed by atoms with Crippen molar-refractivity contribution in [3.05, 3.63) is 16.4 Å². The lowest BCUT2D eigenvalue weighted by Gasteiger charge is -2.18. The predicted molar refractivity (Wildman–Crippen MR) is 74.2 cm³/mol. The van der Waals surface area contributed by atoms with Crippen LogP contribution in [0.3, 0.4) is 0 Å². The molecule has 0 aliphatic carbocycles. The van der Waals surface area contributed by atoms with Crippen LogP contribution in [0.15, 0.2) is 6.33 Å². The van der Waals surface area contributed by atoms with E-state index in [9.17, 15) is 14.9 Å². The lowest BCUT2D eigenvalue weighted by molar-refractivity contribution is -0.383. The first-order chi connectivity index (χ1) is 9.32. The van der Waals surface area contributed by atoms with Crippen molar-refractivity contribution >= 4 is 23.2 Å². The van der Waals surface area contributed by atoms with Gasteiger partial charge in [-0.15, -0.1) is 0 Å². The zero-order valence-corrected chi connectivity index (χ0v) is 11.7. The fourth-order valence-electron chi connectivity index (χ4n) is 1.50. The Morgan fingerprint density at radius 3 is 2.75 bits per heavy atom. The summed E-state index contributed by atoms with van der Waals surface area (Å²) in [5, 5.41) is 13.7. The van der Waals surface area contributed by atoms with Crippen LogP contribution >= 0.6 is 0 Å². The number of anilines is 2. The van der Waals surface area contributed by atoms with Crippen LogP contribution in [0.25, 0.3) is 0 Å². The number of nitrogens with zero attached hydrogens (tertiary/aromatic N) is 4. The van der Waals surface area contributed by atoms with Crippen LogP contribution in [-0.4, -0.2) is 40.9 Å². The van der Waals surface area contributed by atoms with Gasteiger partial charge in [0.2, 0.25) is 17.5 Å². The van der Waals surface area contributed by atoms with E-state index in [0.29, 0.717) is 12.5 Å². The number of amides is 1. The summed E-state index contributed by atoms with van der Waals surface area (Å²) < 4.78 is 0. The van der Waals surface area contributed by atoms with Crippen molar-refractivity contribution in [3.8, 4) is 0 Å². The van der Waals surface area contributed by atoms with E-state index >= 15 is 0 Å². The van der Waals surface area contributed by atoms with Crippen LogP contribution in [-0.2, 0) is 4.79 Å². The highest BCUT2D eigenvalue weighted by Gasteiger charge is 2.24. The molecule has 9 nitrogen and oxygen atoms in total. The minimum atomic E-state index is -0.660. The molecule has 9 heteroatoms. The molecule has 0 bridgehead atoms. The molecule has 0 spiro atoms. The second kappa shape index (κ2) is 6.64. The van der Waals surface area contributed by atoms with Gasteiger partial charge >= 0.3 is 5.69 Å². The molecular weight excluding hydrogens is 264 g/mol. The maximum absolute atomic E-state index is 11.7. The van der Waals surface area contributed by atoms with Gasteiger partial charge in [0.25, 0.3) is 0 Å². The molecule has 20 heavy (non-hydrogen) atoms. The van der Waals surface area contributed by atoms with Gasteiger partial charge in [0, 0.05) is 13.6 Å². The molecule has 1 aromatic heterocycles. The Labute approximate surface area is 116 Å². The van der Waals surface area contributed by atoms with Gasteiger partial charge in [-0.05, 0) is 5.92 Å². The Morgan fingerprint density at radius 1 is 1.55 bits per heavy atom.